The molecule has 1 aliphatic rings. The highest BCUT2D eigenvalue weighted by molar-refractivity contribution is 7.46. The van der Waals surface area contributed by atoms with Gasteiger partial charge in [0.25, 0.3) is 0 Å². The van der Waals surface area contributed by atoms with E-state index in [2.05, 4.69) is 4.52 Å². The van der Waals surface area contributed by atoms with Crippen molar-refractivity contribution >= 4 is 7.82 Å². The van der Waals surface area contributed by atoms with Gasteiger partial charge in [-0.3, -0.25) is 4.52 Å². The Morgan fingerprint density at radius 2 is 2.08 bits per heavy atom. The standard InChI is InChI=1S/C5H11O7P/c6-3-1-11-4(5(3)7)2-12-13(8,9)10/h3-7H,1-2H2,(H2,8,9,10). The summed E-state index contributed by atoms with van der Waals surface area (Å²) >= 11 is 0. The highest BCUT2D eigenvalue weighted by Gasteiger charge is 2.35. The molecule has 3 unspecified atom stereocenters. The molecule has 0 bridgehead atoms. The van der Waals surface area contributed by atoms with Gasteiger partial charge in [0.05, 0.1) is 13.2 Å². The maximum absolute atomic E-state index is 10.2. The Balaban J connectivity index is 2.35. The lowest BCUT2D eigenvalue weighted by molar-refractivity contribution is -0.00596. The zero-order valence-corrected chi connectivity index (χ0v) is 7.50. The van der Waals surface area contributed by atoms with E-state index in [1.165, 1.54) is 0 Å². The molecule has 1 heterocycles. The Morgan fingerprint density at radius 1 is 1.46 bits per heavy atom. The number of aliphatic hydroxyl groups is 2. The van der Waals surface area contributed by atoms with E-state index in [0.717, 1.165) is 0 Å². The van der Waals surface area contributed by atoms with Gasteiger partial charge in [0.15, 0.2) is 0 Å². The van der Waals surface area contributed by atoms with Crippen molar-refractivity contribution in [2.45, 2.75) is 18.3 Å². The van der Waals surface area contributed by atoms with Gasteiger partial charge in [0.1, 0.15) is 18.3 Å². The average molecular weight is 214 g/mol. The number of phosphoric ester groups is 1. The van der Waals surface area contributed by atoms with E-state index in [1.54, 1.807) is 0 Å². The summed E-state index contributed by atoms with van der Waals surface area (Å²) in [5.41, 5.74) is 0. The van der Waals surface area contributed by atoms with E-state index < -0.39 is 32.7 Å². The Morgan fingerprint density at radius 3 is 2.46 bits per heavy atom. The van der Waals surface area contributed by atoms with Crippen LogP contribution in [0.4, 0.5) is 0 Å². The Labute approximate surface area is 74.1 Å². The molecular weight excluding hydrogens is 203 g/mol. The van der Waals surface area contributed by atoms with Crippen LogP contribution < -0.4 is 0 Å². The highest BCUT2D eigenvalue weighted by atomic mass is 31.2. The molecule has 7 nitrogen and oxygen atoms in total. The largest absolute Gasteiger partial charge is 0.469 e. The number of hydrogen-bond acceptors (Lipinski definition) is 5. The van der Waals surface area contributed by atoms with Crippen LogP contribution in [0.5, 0.6) is 0 Å². The molecule has 0 aromatic rings. The van der Waals surface area contributed by atoms with Gasteiger partial charge < -0.3 is 24.7 Å². The quantitative estimate of drug-likeness (QED) is 0.410. The molecule has 13 heavy (non-hydrogen) atoms. The third kappa shape index (κ3) is 3.32. The number of aliphatic hydroxyl groups excluding tert-OH is 2. The zero-order valence-electron chi connectivity index (χ0n) is 6.61. The van der Waals surface area contributed by atoms with E-state index in [4.69, 9.17) is 24.7 Å². The molecule has 0 aromatic carbocycles. The first-order chi connectivity index (χ1) is 5.90. The second-order valence-electron chi connectivity index (χ2n) is 2.72. The minimum atomic E-state index is -4.54. The van der Waals surface area contributed by atoms with Crippen molar-refractivity contribution in [1.82, 2.24) is 0 Å². The summed E-state index contributed by atoms with van der Waals surface area (Å²) in [6.45, 7) is -0.501. The molecule has 78 valence electrons. The third-order valence-corrected chi connectivity index (χ3v) is 2.15. The molecule has 1 aliphatic heterocycles. The van der Waals surface area contributed by atoms with Gasteiger partial charge in [0, 0.05) is 0 Å². The number of rotatable bonds is 3. The lowest BCUT2D eigenvalue weighted by Crippen LogP contribution is -2.32. The van der Waals surface area contributed by atoms with E-state index in [1.807, 2.05) is 0 Å². The van der Waals surface area contributed by atoms with Crippen molar-refractivity contribution in [2.24, 2.45) is 0 Å². The zero-order chi connectivity index (χ0) is 10.1. The smallest absolute Gasteiger partial charge is 0.388 e. The normalized spacial score (nSPS) is 35.2. The van der Waals surface area contributed by atoms with Crippen LogP contribution in [-0.4, -0.2) is 51.5 Å². The molecule has 0 aliphatic carbocycles. The third-order valence-electron chi connectivity index (χ3n) is 1.66. The first-order valence-corrected chi connectivity index (χ1v) is 5.11. The molecule has 0 saturated carbocycles. The maximum Gasteiger partial charge on any atom is 0.469 e. The molecule has 1 fully saturated rings. The topological polar surface area (TPSA) is 116 Å². The molecule has 4 N–H and O–H groups in total. The van der Waals surface area contributed by atoms with Gasteiger partial charge in [0.2, 0.25) is 0 Å². The summed E-state index contributed by atoms with van der Waals surface area (Å²) in [6.07, 6.45) is -3.07. The predicted molar refractivity (Wildman–Crippen MR) is 39.7 cm³/mol. The molecule has 1 saturated heterocycles. The lowest BCUT2D eigenvalue weighted by atomic mass is 10.2. The second-order valence-corrected chi connectivity index (χ2v) is 3.96. The first-order valence-electron chi connectivity index (χ1n) is 3.58. The van der Waals surface area contributed by atoms with Crippen LogP contribution >= 0.6 is 7.82 Å². The van der Waals surface area contributed by atoms with Crippen molar-refractivity contribution in [2.75, 3.05) is 13.2 Å². The SMILES string of the molecule is O=P(O)(O)OCC1OCC(O)C1O. The molecule has 1 rings (SSSR count). The highest BCUT2D eigenvalue weighted by Crippen LogP contribution is 2.36. The summed E-state index contributed by atoms with van der Waals surface area (Å²) in [7, 11) is -4.54. The summed E-state index contributed by atoms with van der Waals surface area (Å²) in [4.78, 5) is 16.6. The van der Waals surface area contributed by atoms with Crippen LogP contribution in [-0.2, 0) is 13.8 Å². The molecule has 0 radical (unpaired) electrons. The van der Waals surface area contributed by atoms with Gasteiger partial charge in [-0.1, -0.05) is 0 Å². The summed E-state index contributed by atoms with van der Waals surface area (Å²) in [5.74, 6) is 0. The lowest BCUT2D eigenvalue weighted by Gasteiger charge is -2.14. The first kappa shape index (κ1) is 11.1. The minimum absolute atomic E-state index is 0.0592. The van der Waals surface area contributed by atoms with E-state index in [9.17, 15) is 4.57 Å². The van der Waals surface area contributed by atoms with E-state index in [0.29, 0.717) is 0 Å². The van der Waals surface area contributed by atoms with Crippen molar-refractivity contribution < 1.29 is 33.8 Å². The molecule has 0 amide bonds. The minimum Gasteiger partial charge on any atom is -0.388 e. The molecule has 0 aromatic heterocycles. The summed E-state index contributed by atoms with van der Waals surface area (Å²) in [5, 5.41) is 18.1. The van der Waals surface area contributed by atoms with Crippen LogP contribution in [0.3, 0.4) is 0 Å². The Hall–Kier alpha value is -0.0100. The van der Waals surface area contributed by atoms with E-state index >= 15 is 0 Å². The van der Waals surface area contributed by atoms with Crippen molar-refractivity contribution in [3.8, 4) is 0 Å². The molecule has 8 heteroatoms. The van der Waals surface area contributed by atoms with Gasteiger partial charge in [-0.05, 0) is 0 Å². The van der Waals surface area contributed by atoms with Gasteiger partial charge >= 0.3 is 7.82 Å². The number of ether oxygens (including phenoxy) is 1. The predicted octanol–water partition coefficient (Wildman–Crippen LogP) is -1.78. The van der Waals surface area contributed by atoms with Crippen LogP contribution in [0, 0.1) is 0 Å². The van der Waals surface area contributed by atoms with Gasteiger partial charge in [-0.15, -0.1) is 0 Å². The summed E-state index contributed by atoms with van der Waals surface area (Å²) < 4.78 is 19.2. The fourth-order valence-corrected chi connectivity index (χ4v) is 1.33. The molecule has 0 spiro atoms. The molecular formula is C5H11O7P. The molecule has 3 atom stereocenters. The van der Waals surface area contributed by atoms with Gasteiger partial charge in [-0.2, -0.15) is 0 Å². The van der Waals surface area contributed by atoms with Crippen molar-refractivity contribution in [1.29, 1.82) is 0 Å². The van der Waals surface area contributed by atoms with Crippen molar-refractivity contribution in [3.63, 3.8) is 0 Å². The van der Waals surface area contributed by atoms with Crippen molar-refractivity contribution in [3.05, 3.63) is 0 Å². The Bertz CT molecular complexity index is 213. The van der Waals surface area contributed by atoms with E-state index in [-0.39, 0.29) is 6.61 Å². The van der Waals surface area contributed by atoms with Crippen LogP contribution in [0.25, 0.3) is 0 Å². The maximum atomic E-state index is 10.2. The van der Waals surface area contributed by atoms with Crippen LogP contribution in [0.15, 0.2) is 0 Å². The van der Waals surface area contributed by atoms with Crippen LogP contribution in [0.2, 0.25) is 0 Å². The fourth-order valence-electron chi connectivity index (χ4n) is 0.984. The fraction of sp³-hybridized carbons (Fsp3) is 1.00. The average Bonchev–Trinajstić information content (AvgIpc) is 2.29. The second kappa shape index (κ2) is 4.02. The van der Waals surface area contributed by atoms with Crippen LogP contribution in [0.1, 0.15) is 0 Å². The Kier molecular flexibility index (Phi) is 3.42. The summed E-state index contributed by atoms with van der Waals surface area (Å²) in [6, 6.07) is 0. The number of phosphoric acid groups is 1. The van der Waals surface area contributed by atoms with Gasteiger partial charge in [-0.25, -0.2) is 4.57 Å². The number of hydrogen-bond donors (Lipinski definition) is 4. The monoisotopic (exact) mass is 214 g/mol.